The summed E-state index contributed by atoms with van der Waals surface area (Å²) in [6.07, 6.45) is 9.89. The molecule has 1 saturated carbocycles. The summed E-state index contributed by atoms with van der Waals surface area (Å²) in [4.78, 5) is 0. The van der Waals surface area contributed by atoms with Crippen LogP contribution in [0.15, 0.2) is 12.4 Å². The zero-order valence-electron chi connectivity index (χ0n) is 11.7. The van der Waals surface area contributed by atoms with Gasteiger partial charge < -0.3 is 15.2 Å². The van der Waals surface area contributed by atoms with Crippen LogP contribution in [0.25, 0.3) is 0 Å². The molecular formula is C14H25N3O2. The number of hydrogen-bond acceptors (Lipinski definition) is 4. The van der Waals surface area contributed by atoms with Crippen molar-refractivity contribution in [3.63, 3.8) is 0 Å². The van der Waals surface area contributed by atoms with Crippen molar-refractivity contribution < 1.29 is 9.84 Å². The third-order valence-electron chi connectivity index (χ3n) is 3.54. The molecule has 1 fully saturated rings. The van der Waals surface area contributed by atoms with Crippen LogP contribution in [-0.2, 0) is 18.3 Å². The van der Waals surface area contributed by atoms with Crippen molar-refractivity contribution in [2.45, 2.75) is 50.9 Å². The lowest BCUT2D eigenvalue weighted by molar-refractivity contribution is -0.0230. The Hall–Kier alpha value is -0.910. The number of aliphatic hydroxyl groups is 1. The number of aromatic nitrogens is 2. The number of aliphatic hydroxyl groups excluding tert-OH is 1. The Morgan fingerprint density at radius 3 is 2.95 bits per heavy atom. The van der Waals surface area contributed by atoms with E-state index in [1.807, 2.05) is 19.4 Å². The fraction of sp³-hybridized carbons (Fsp3) is 0.786. The van der Waals surface area contributed by atoms with Crippen LogP contribution >= 0.6 is 0 Å². The molecule has 1 atom stereocenters. The number of rotatable bonds is 7. The standard InChI is InChI=1S/C14H25N3O2/c1-17-10-12(8-16-17)7-15-9-13(18)11-19-14-5-3-2-4-6-14/h8,10,13-15,18H,2-7,9,11H2,1H3. The molecule has 0 spiro atoms. The van der Waals surface area contributed by atoms with Gasteiger partial charge in [-0.05, 0) is 12.8 Å². The van der Waals surface area contributed by atoms with Crippen molar-refractivity contribution in [1.82, 2.24) is 15.1 Å². The fourth-order valence-electron chi connectivity index (χ4n) is 2.48. The van der Waals surface area contributed by atoms with Crippen LogP contribution in [0.2, 0.25) is 0 Å². The van der Waals surface area contributed by atoms with Gasteiger partial charge in [-0.3, -0.25) is 4.68 Å². The summed E-state index contributed by atoms with van der Waals surface area (Å²) < 4.78 is 7.52. The van der Waals surface area contributed by atoms with Gasteiger partial charge in [0.1, 0.15) is 0 Å². The van der Waals surface area contributed by atoms with Crippen LogP contribution in [0, 0.1) is 0 Å². The number of aryl methyl sites for hydroxylation is 1. The Kier molecular flexibility index (Phi) is 5.82. The van der Waals surface area contributed by atoms with Crippen LogP contribution in [0.1, 0.15) is 37.7 Å². The van der Waals surface area contributed by atoms with Crippen molar-refractivity contribution >= 4 is 0 Å². The SMILES string of the molecule is Cn1cc(CNCC(O)COC2CCCCC2)cn1. The summed E-state index contributed by atoms with van der Waals surface area (Å²) in [5, 5.41) is 17.2. The molecule has 1 aliphatic rings. The minimum atomic E-state index is -0.432. The van der Waals surface area contributed by atoms with Crippen molar-refractivity contribution in [1.29, 1.82) is 0 Å². The molecule has 0 aliphatic heterocycles. The van der Waals surface area contributed by atoms with Crippen LogP contribution in [0.4, 0.5) is 0 Å². The monoisotopic (exact) mass is 267 g/mol. The molecule has 5 heteroatoms. The highest BCUT2D eigenvalue weighted by Crippen LogP contribution is 2.20. The lowest BCUT2D eigenvalue weighted by Crippen LogP contribution is -2.32. The molecule has 1 aromatic rings. The van der Waals surface area contributed by atoms with Crippen molar-refractivity contribution in [3.05, 3.63) is 18.0 Å². The molecule has 1 aliphatic carbocycles. The second-order valence-corrected chi connectivity index (χ2v) is 5.40. The molecule has 1 heterocycles. The van der Waals surface area contributed by atoms with Gasteiger partial charge in [0.2, 0.25) is 0 Å². The summed E-state index contributed by atoms with van der Waals surface area (Å²) in [6, 6.07) is 0. The third kappa shape index (κ3) is 5.30. The first-order valence-electron chi connectivity index (χ1n) is 7.22. The van der Waals surface area contributed by atoms with E-state index in [0.29, 0.717) is 19.3 Å². The average Bonchev–Trinajstić information content (AvgIpc) is 2.83. The van der Waals surface area contributed by atoms with E-state index in [2.05, 4.69) is 10.4 Å². The van der Waals surface area contributed by atoms with Gasteiger partial charge >= 0.3 is 0 Å². The topological polar surface area (TPSA) is 59.3 Å². The highest BCUT2D eigenvalue weighted by Gasteiger charge is 2.15. The van der Waals surface area contributed by atoms with E-state index in [4.69, 9.17) is 4.74 Å². The number of hydrogen-bond donors (Lipinski definition) is 2. The minimum absolute atomic E-state index is 0.363. The molecule has 0 aromatic carbocycles. The Bertz CT molecular complexity index is 361. The van der Waals surface area contributed by atoms with E-state index in [1.54, 1.807) is 4.68 Å². The molecule has 1 unspecified atom stereocenters. The highest BCUT2D eigenvalue weighted by atomic mass is 16.5. The van der Waals surface area contributed by atoms with Crippen LogP contribution in [0.5, 0.6) is 0 Å². The van der Waals surface area contributed by atoms with Crippen LogP contribution in [-0.4, -0.2) is 40.2 Å². The zero-order chi connectivity index (χ0) is 13.5. The average molecular weight is 267 g/mol. The van der Waals surface area contributed by atoms with Crippen molar-refractivity contribution in [2.24, 2.45) is 7.05 Å². The summed E-state index contributed by atoms with van der Waals surface area (Å²) in [6.45, 7) is 1.72. The summed E-state index contributed by atoms with van der Waals surface area (Å²) in [5.41, 5.74) is 1.13. The molecule has 2 rings (SSSR count). The maximum Gasteiger partial charge on any atom is 0.0897 e. The van der Waals surface area contributed by atoms with Gasteiger partial charge in [-0.25, -0.2) is 0 Å². The molecule has 0 bridgehead atoms. The summed E-state index contributed by atoms with van der Waals surface area (Å²) >= 11 is 0. The van der Waals surface area contributed by atoms with Gasteiger partial charge in [-0.1, -0.05) is 19.3 Å². The molecular weight excluding hydrogens is 242 g/mol. The van der Waals surface area contributed by atoms with Gasteiger partial charge in [0, 0.05) is 31.9 Å². The van der Waals surface area contributed by atoms with Crippen molar-refractivity contribution in [2.75, 3.05) is 13.2 Å². The Morgan fingerprint density at radius 2 is 2.26 bits per heavy atom. The van der Waals surface area contributed by atoms with Crippen LogP contribution in [0.3, 0.4) is 0 Å². The minimum Gasteiger partial charge on any atom is -0.389 e. The van der Waals surface area contributed by atoms with E-state index in [-0.39, 0.29) is 0 Å². The second-order valence-electron chi connectivity index (χ2n) is 5.40. The molecule has 108 valence electrons. The zero-order valence-corrected chi connectivity index (χ0v) is 11.7. The maximum absolute atomic E-state index is 9.85. The Labute approximate surface area is 115 Å². The molecule has 0 saturated heterocycles. The first-order chi connectivity index (χ1) is 9.24. The van der Waals surface area contributed by atoms with E-state index in [1.165, 1.54) is 19.3 Å². The fourth-order valence-corrected chi connectivity index (χ4v) is 2.48. The van der Waals surface area contributed by atoms with E-state index in [0.717, 1.165) is 24.9 Å². The van der Waals surface area contributed by atoms with Crippen molar-refractivity contribution in [3.8, 4) is 0 Å². The maximum atomic E-state index is 9.85. The van der Waals surface area contributed by atoms with Crippen LogP contribution < -0.4 is 5.32 Å². The predicted octanol–water partition coefficient (Wildman–Crippen LogP) is 1.22. The summed E-state index contributed by atoms with van der Waals surface area (Å²) in [5.74, 6) is 0. The van der Waals surface area contributed by atoms with Gasteiger partial charge in [0.15, 0.2) is 0 Å². The number of nitrogens with one attached hydrogen (secondary N) is 1. The van der Waals surface area contributed by atoms with E-state index in [9.17, 15) is 5.11 Å². The predicted molar refractivity (Wildman–Crippen MR) is 73.7 cm³/mol. The van der Waals surface area contributed by atoms with Gasteiger partial charge in [-0.15, -0.1) is 0 Å². The summed E-state index contributed by atoms with van der Waals surface area (Å²) in [7, 11) is 1.90. The van der Waals surface area contributed by atoms with E-state index >= 15 is 0 Å². The Balaban J connectivity index is 1.55. The molecule has 1 aromatic heterocycles. The highest BCUT2D eigenvalue weighted by molar-refractivity contribution is 5.02. The molecule has 0 amide bonds. The molecule has 0 radical (unpaired) electrons. The smallest absolute Gasteiger partial charge is 0.0897 e. The molecule has 19 heavy (non-hydrogen) atoms. The number of nitrogens with zero attached hydrogens (tertiary/aromatic N) is 2. The van der Waals surface area contributed by atoms with E-state index < -0.39 is 6.10 Å². The Morgan fingerprint density at radius 1 is 1.47 bits per heavy atom. The largest absolute Gasteiger partial charge is 0.389 e. The second kappa shape index (κ2) is 7.62. The lowest BCUT2D eigenvalue weighted by atomic mass is 9.98. The normalized spacial score (nSPS) is 18.6. The molecule has 5 nitrogen and oxygen atoms in total. The van der Waals surface area contributed by atoms with Gasteiger partial charge in [0.05, 0.1) is 25.0 Å². The quantitative estimate of drug-likeness (QED) is 0.780. The van der Waals surface area contributed by atoms with Gasteiger partial charge in [-0.2, -0.15) is 5.10 Å². The molecule has 2 N–H and O–H groups in total. The first-order valence-corrected chi connectivity index (χ1v) is 7.22. The first kappa shape index (κ1) is 14.5. The van der Waals surface area contributed by atoms with Gasteiger partial charge in [0.25, 0.3) is 0 Å². The number of ether oxygens (including phenoxy) is 1. The third-order valence-corrected chi connectivity index (χ3v) is 3.54. The lowest BCUT2D eigenvalue weighted by Gasteiger charge is -2.23.